The second-order valence-electron chi connectivity index (χ2n) is 4.46. The molecule has 0 unspecified atom stereocenters. The van der Waals surface area contributed by atoms with Gasteiger partial charge in [0.05, 0.1) is 19.8 Å². The highest BCUT2D eigenvalue weighted by Crippen LogP contribution is 2.31. The molecule has 4 nitrogen and oxygen atoms in total. The maximum atomic E-state index is 12.4. The molecule has 0 spiro atoms. The van der Waals surface area contributed by atoms with Gasteiger partial charge in [-0.1, -0.05) is 12.1 Å². The quantitative estimate of drug-likeness (QED) is 0.797. The lowest BCUT2D eigenvalue weighted by Gasteiger charge is -2.13. The fourth-order valence-electron chi connectivity index (χ4n) is 1.93. The first-order chi connectivity index (χ1) is 10.1. The molecule has 0 radical (unpaired) electrons. The summed E-state index contributed by atoms with van der Waals surface area (Å²) in [4.78, 5) is 12.4. The molecular formula is C16H16INO3. The van der Waals surface area contributed by atoms with Crippen LogP contribution in [0.4, 0.5) is 5.69 Å². The number of carbonyl (C=O) groups excluding carboxylic acids is 1. The standard InChI is InChI=1S/C16H16INO3/c1-10-7-8-11(9-13(10)17)18-16(19)12-5-4-6-14(20-2)15(12)21-3/h4-9H,1-3H3,(H,18,19). The minimum atomic E-state index is -0.231. The lowest BCUT2D eigenvalue weighted by atomic mass is 10.1. The van der Waals surface area contributed by atoms with E-state index in [0.717, 1.165) is 9.26 Å². The van der Waals surface area contributed by atoms with Crippen LogP contribution in [-0.4, -0.2) is 20.1 Å². The van der Waals surface area contributed by atoms with E-state index in [1.54, 1.807) is 25.3 Å². The van der Waals surface area contributed by atoms with Crippen LogP contribution in [0.2, 0.25) is 0 Å². The average molecular weight is 397 g/mol. The maximum Gasteiger partial charge on any atom is 0.259 e. The Hall–Kier alpha value is -1.76. The van der Waals surface area contributed by atoms with Crippen LogP contribution < -0.4 is 14.8 Å². The molecule has 2 rings (SSSR count). The van der Waals surface area contributed by atoms with E-state index in [1.165, 1.54) is 12.7 Å². The van der Waals surface area contributed by atoms with Crippen molar-refractivity contribution < 1.29 is 14.3 Å². The van der Waals surface area contributed by atoms with E-state index in [2.05, 4.69) is 27.9 Å². The smallest absolute Gasteiger partial charge is 0.259 e. The van der Waals surface area contributed by atoms with Gasteiger partial charge in [-0.3, -0.25) is 4.79 Å². The molecule has 0 atom stereocenters. The number of methoxy groups -OCH3 is 2. The number of anilines is 1. The molecule has 2 aromatic rings. The van der Waals surface area contributed by atoms with E-state index in [-0.39, 0.29) is 5.91 Å². The first-order valence-corrected chi connectivity index (χ1v) is 7.43. The van der Waals surface area contributed by atoms with E-state index < -0.39 is 0 Å². The van der Waals surface area contributed by atoms with Gasteiger partial charge in [0, 0.05) is 9.26 Å². The lowest BCUT2D eigenvalue weighted by molar-refractivity contribution is 0.102. The SMILES string of the molecule is COc1cccc(C(=O)Nc2ccc(C)c(I)c2)c1OC. The van der Waals surface area contributed by atoms with Gasteiger partial charge in [-0.2, -0.15) is 0 Å². The summed E-state index contributed by atoms with van der Waals surface area (Å²) in [5, 5.41) is 2.87. The van der Waals surface area contributed by atoms with Crippen LogP contribution >= 0.6 is 22.6 Å². The largest absolute Gasteiger partial charge is 0.493 e. The predicted molar refractivity (Wildman–Crippen MR) is 91.4 cm³/mol. The summed E-state index contributed by atoms with van der Waals surface area (Å²) in [5.74, 6) is 0.730. The molecular weight excluding hydrogens is 381 g/mol. The molecule has 0 heterocycles. The van der Waals surface area contributed by atoms with E-state index in [0.29, 0.717) is 17.1 Å². The first-order valence-electron chi connectivity index (χ1n) is 6.35. The summed E-state index contributed by atoms with van der Waals surface area (Å²) in [5.41, 5.74) is 2.36. The van der Waals surface area contributed by atoms with Crippen molar-refractivity contribution in [2.75, 3.05) is 19.5 Å². The molecule has 110 valence electrons. The highest BCUT2D eigenvalue weighted by atomic mass is 127. The Labute approximate surface area is 137 Å². The number of aryl methyl sites for hydroxylation is 1. The molecule has 0 saturated heterocycles. The Morgan fingerprint density at radius 2 is 1.90 bits per heavy atom. The second-order valence-corrected chi connectivity index (χ2v) is 5.62. The third-order valence-corrected chi connectivity index (χ3v) is 4.24. The lowest BCUT2D eigenvalue weighted by Crippen LogP contribution is -2.13. The Morgan fingerprint density at radius 1 is 1.14 bits per heavy atom. The number of benzene rings is 2. The summed E-state index contributed by atoms with van der Waals surface area (Å²) in [6.45, 7) is 2.03. The van der Waals surface area contributed by atoms with Crippen molar-refractivity contribution in [2.45, 2.75) is 6.92 Å². The number of halogens is 1. The molecule has 0 saturated carbocycles. The van der Waals surface area contributed by atoms with E-state index in [4.69, 9.17) is 9.47 Å². The van der Waals surface area contributed by atoms with Gasteiger partial charge >= 0.3 is 0 Å². The molecule has 0 aliphatic heterocycles. The van der Waals surface area contributed by atoms with Gasteiger partial charge in [0.15, 0.2) is 11.5 Å². The van der Waals surface area contributed by atoms with E-state index in [1.807, 2.05) is 25.1 Å². The number of hydrogen-bond acceptors (Lipinski definition) is 3. The number of hydrogen-bond donors (Lipinski definition) is 1. The van der Waals surface area contributed by atoms with Gasteiger partial charge in [-0.25, -0.2) is 0 Å². The highest BCUT2D eigenvalue weighted by molar-refractivity contribution is 14.1. The van der Waals surface area contributed by atoms with Crippen molar-refractivity contribution in [3.8, 4) is 11.5 Å². The van der Waals surface area contributed by atoms with E-state index >= 15 is 0 Å². The van der Waals surface area contributed by atoms with Crippen LogP contribution in [-0.2, 0) is 0 Å². The van der Waals surface area contributed by atoms with Gasteiger partial charge < -0.3 is 14.8 Å². The highest BCUT2D eigenvalue weighted by Gasteiger charge is 2.16. The summed E-state index contributed by atoms with van der Waals surface area (Å²) >= 11 is 2.24. The first kappa shape index (κ1) is 15.6. The number of ether oxygens (including phenoxy) is 2. The van der Waals surface area contributed by atoms with Crippen molar-refractivity contribution in [2.24, 2.45) is 0 Å². The molecule has 0 aliphatic carbocycles. The van der Waals surface area contributed by atoms with Crippen LogP contribution in [0.15, 0.2) is 36.4 Å². The fourth-order valence-corrected chi connectivity index (χ4v) is 2.45. The van der Waals surface area contributed by atoms with Gasteiger partial charge in [-0.15, -0.1) is 0 Å². The minimum absolute atomic E-state index is 0.231. The number of nitrogens with one attached hydrogen (secondary N) is 1. The van der Waals surface area contributed by atoms with E-state index in [9.17, 15) is 4.79 Å². The monoisotopic (exact) mass is 397 g/mol. The Kier molecular flexibility index (Phi) is 5.06. The minimum Gasteiger partial charge on any atom is -0.493 e. The molecule has 21 heavy (non-hydrogen) atoms. The summed E-state index contributed by atoms with van der Waals surface area (Å²) in [6, 6.07) is 11.0. The number of amides is 1. The zero-order chi connectivity index (χ0) is 15.4. The second kappa shape index (κ2) is 6.80. The van der Waals surface area contributed by atoms with Gasteiger partial charge in [0.1, 0.15) is 0 Å². The van der Waals surface area contributed by atoms with Crippen molar-refractivity contribution in [3.63, 3.8) is 0 Å². The molecule has 0 aliphatic rings. The van der Waals surface area contributed by atoms with Crippen molar-refractivity contribution in [3.05, 3.63) is 51.1 Å². The van der Waals surface area contributed by atoms with Crippen molar-refractivity contribution in [1.82, 2.24) is 0 Å². The average Bonchev–Trinajstić information content (AvgIpc) is 2.49. The zero-order valence-electron chi connectivity index (χ0n) is 12.1. The van der Waals surface area contributed by atoms with Crippen LogP contribution in [0.5, 0.6) is 11.5 Å². The molecule has 2 aromatic carbocycles. The Bertz CT molecular complexity index is 671. The van der Waals surface area contributed by atoms with Crippen LogP contribution in [0, 0.1) is 10.5 Å². The van der Waals surface area contributed by atoms with Gasteiger partial charge in [-0.05, 0) is 59.3 Å². The molecule has 1 amide bonds. The maximum absolute atomic E-state index is 12.4. The number of rotatable bonds is 4. The van der Waals surface area contributed by atoms with Crippen LogP contribution in [0.3, 0.4) is 0 Å². The summed E-state index contributed by atoms with van der Waals surface area (Å²) in [7, 11) is 3.06. The third-order valence-electron chi connectivity index (χ3n) is 3.08. The third kappa shape index (κ3) is 3.47. The fraction of sp³-hybridized carbons (Fsp3) is 0.188. The molecule has 1 N–H and O–H groups in total. The molecule has 0 aromatic heterocycles. The number of para-hydroxylation sites is 1. The van der Waals surface area contributed by atoms with Crippen LogP contribution in [0.1, 0.15) is 15.9 Å². The molecule has 5 heteroatoms. The van der Waals surface area contributed by atoms with Crippen LogP contribution in [0.25, 0.3) is 0 Å². The normalized spacial score (nSPS) is 10.1. The Morgan fingerprint density at radius 3 is 2.52 bits per heavy atom. The topological polar surface area (TPSA) is 47.6 Å². The zero-order valence-corrected chi connectivity index (χ0v) is 14.2. The Balaban J connectivity index is 2.30. The molecule has 0 bridgehead atoms. The summed E-state index contributed by atoms with van der Waals surface area (Å²) < 4.78 is 11.6. The molecule has 0 fully saturated rings. The van der Waals surface area contributed by atoms with Gasteiger partial charge in [0.2, 0.25) is 0 Å². The predicted octanol–water partition coefficient (Wildman–Crippen LogP) is 3.87. The van der Waals surface area contributed by atoms with Gasteiger partial charge in [0.25, 0.3) is 5.91 Å². The van der Waals surface area contributed by atoms with Crippen molar-refractivity contribution in [1.29, 1.82) is 0 Å². The number of carbonyl (C=O) groups is 1. The van der Waals surface area contributed by atoms with Crippen molar-refractivity contribution >= 4 is 34.2 Å². The summed E-state index contributed by atoms with van der Waals surface area (Å²) in [6.07, 6.45) is 0.